The van der Waals surface area contributed by atoms with Gasteiger partial charge in [0.15, 0.2) is 11.5 Å². The molecule has 1 aromatic heterocycles. The molecule has 34 heavy (non-hydrogen) atoms. The van der Waals surface area contributed by atoms with Crippen molar-refractivity contribution in [1.29, 1.82) is 0 Å². The average molecular weight is 486 g/mol. The van der Waals surface area contributed by atoms with Crippen molar-refractivity contribution in [1.82, 2.24) is 15.1 Å². The summed E-state index contributed by atoms with van der Waals surface area (Å²) < 4.78 is 23.6. The number of ether oxygens (including phenoxy) is 2. The van der Waals surface area contributed by atoms with Gasteiger partial charge in [0.2, 0.25) is 5.01 Å². The zero-order valence-corrected chi connectivity index (χ0v) is 19.5. The second kappa shape index (κ2) is 10.5. The number of amides is 3. The van der Waals surface area contributed by atoms with E-state index in [0.717, 1.165) is 12.8 Å². The zero-order chi connectivity index (χ0) is 24.1. The third kappa shape index (κ3) is 5.42. The predicted molar refractivity (Wildman–Crippen MR) is 126 cm³/mol. The topological polar surface area (TPSA) is 106 Å². The standard InChI is InChI=1S/C23H24FN5O4S/c1-32-18-10-9-17(12-19(18)33-2)26-23(31)29-11-3-4-14(13-29)21-27-28-22(34-21)20(30)25-16-7-5-15(24)6-8-16/h5-10,12,14H,3-4,11,13H2,1-2H3,(H,25,30)(H,26,31)/t14-/m0/s1. The number of nitrogens with zero attached hydrogens (tertiary/aromatic N) is 3. The van der Waals surface area contributed by atoms with Crippen LogP contribution in [0.4, 0.5) is 20.6 Å². The minimum Gasteiger partial charge on any atom is -0.493 e. The zero-order valence-electron chi connectivity index (χ0n) is 18.7. The van der Waals surface area contributed by atoms with E-state index in [0.29, 0.717) is 41.0 Å². The van der Waals surface area contributed by atoms with Crippen molar-refractivity contribution < 1.29 is 23.5 Å². The van der Waals surface area contributed by atoms with Crippen LogP contribution in [0.2, 0.25) is 0 Å². The van der Waals surface area contributed by atoms with Gasteiger partial charge in [-0.1, -0.05) is 11.3 Å². The molecule has 178 valence electrons. The largest absolute Gasteiger partial charge is 0.493 e. The molecule has 3 aromatic rings. The minimum absolute atomic E-state index is 0.0187. The van der Waals surface area contributed by atoms with Gasteiger partial charge in [-0.05, 0) is 49.2 Å². The van der Waals surface area contributed by atoms with E-state index in [2.05, 4.69) is 20.8 Å². The number of halogens is 1. The molecule has 1 atom stereocenters. The van der Waals surface area contributed by atoms with Crippen molar-refractivity contribution in [2.24, 2.45) is 0 Å². The summed E-state index contributed by atoms with van der Waals surface area (Å²) in [5, 5.41) is 14.7. The summed E-state index contributed by atoms with van der Waals surface area (Å²) in [6.45, 7) is 1.08. The van der Waals surface area contributed by atoms with Crippen molar-refractivity contribution in [2.75, 3.05) is 37.9 Å². The summed E-state index contributed by atoms with van der Waals surface area (Å²) in [5.74, 6) is 0.295. The highest BCUT2D eigenvalue weighted by molar-refractivity contribution is 7.13. The second-order valence-electron chi connectivity index (χ2n) is 7.69. The van der Waals surface area contributed by atoms with Crippen molar-refractivity contribution >= 4 is 34.6 Å². The molecule has 2 aromatic carbocycles. The van der Waals surface area contributed by atoms with Crippen LogP contribution in [0, 0.1) is 5.82 Å². The molecule has 4 rings (SSSR count). The third-order valence-electron chi connectivity index (χ3n) is 5.43. The van der Waals surface area contributed by atoms with Crippen molar-refractivity contribution in [3.63, 3.8) is 0 Å². The summed E-state index contributed by atoms with van der Waals surface area (Å²) in [7, 11) is 3.09. The Labute approximate surface area is 199 Å². The molecule has 1 saturated heterocycles. The molecular formula is C23H24FN5O4S. The highest BCUT2D eigenvalue weighted by Gasteiger charge is 2.28. The quantitative estimate of drug-likeness (QED) is 0.538. The van der Waals surface area contributed by atoms with E-state index < -0.39 is 5.91 Å². The SMILES string of the molecule is COc1ccc(NC(=O)N2CCC[C@H](c3nnc(C(=O)Nc4ccc(F)cc4)s3)C2)cc1OC. The molecular weight excluding hydrogens is 461 g/mol. The summed E-state index contributed by atoms with van der Waals surface area (Å²) in [5.41, 5.74) is 1.07. The molecule has 9 nitrogen and oxygen atoms in total. The molecule has 0 saturated carbocycles. The van der Waals surface area contributed by atoms with Gasteiger partial charge in [0, 0.05) is 36.4 Å². The maximum atomic E-state index is 13.1. The van der Waals surface area contributed by atoms with Gasteiger partial charge < -0.3 is 25.0 Å². The number of benzene rings is 2. The first kappa shape index (κ1) is 23.4. The molecule has 2 N–H and O–H groups in total. The van der Waals surface area contributed by atoms with Gasteiger partial charge in [0.25, 0.3) is 5.91 Å². The first-order valence-corrected chi connectivity index (χ1v) is 11.5. The van der Waals surface area contributed by atoms with Crippen molar-refractivity contribution in [2.45, 2.75) is 18.8 Å². The number of likely N-dealkylation sites (tertiary alicyclic amines) is 1. The molecule has 0 radical (unpaired) electrons. The van der Waals surface area contributed by atoms with Crippen LogP contribution in [0.3, 0.4) is 0 Å². The molecule has 0 unspecified atom stereocenters. The Hall–Kier alpha value is -3.73. The number of methoxy groups -OCH3 is 2. The number of aromatic nitrogens is 2. The van der Waals surface area contributed by atoms with Gasteiger partial charge in [-0.2, -0.15) is 0 Å². The highest BCUT2D eigenvalue weighted by atomic mass is 32.1. The fraction of sp³-hybridized carbons (Fsp3) is 0.304. The number of carbonyl (C=O) groups excluding carboxylic acids is 2. The summed E-state index contributed by atoms with van der Waals surface area (Å²) in [6, 6.07) is 10.4. The normalized spacial score (nSPS) is 15.5. The van der Waals surface area contributed by atoms with E-state index in [-0.39, 0.29) is 22.8 Å². The first-order valence-electron chi connectivity index (χ1n) is 10.6. The van der Waals surface area contributed by atoms with Crippen molar-refractivity contribution in [3.8, 4) is 11.5 Å². The molecule has 2 heterocycles. The third-order valence-corrected chi connectivity index (χ3v) is 6.51. The Balaban J connectivity index is 1.38. The van der Waals surface area contributed by atoms with E-state index in [4.69, 9.17) is 9.47 Å². The van der Waals surface area contributed by atoms with E-state index in [1.54, 1.807) is 30.2 Å². The van der Waals surface area contributed by atoms with Gasteiger partial charge in [-0.25, -0.2) is 9.18 Å². The van der Waals surface area contributed by atoms with Gasteiger partial charge >= 0.3 is 6.03 Å². The van der Waals surface area contributed by atoms with E-state index in [9.17, 15) is 14.0 Å². The molecule has 0 spiro atoms. The van der Waals surface area contributed by atoms with Gasteiger partial charge in [-0.3, -0.25) is 4.79 Å². The second-order valence-corrected chi connectivity index (χ2v) is 8.70. The fourth-order valence-corrected chi connectivity index (χ4v) is 4.55. The summed E-state index contributed by atoms with van der Waals surface area (Å²) >= 11 is 1.20. The Morgan fingerprint density at radius 3 is 2.50 bits per heavy atom. The van der Waals surface area contributed by atoms with Crippen LogP contribution < -0.4 is 20.1 Å². The van der Waals surface area contributed by atoms with Crippen molar-refractivity contribution in [3.05, 3.63) is 58.3 Å². The van der Waals surface area contributed by atoms with E-state index >= 15 is 0 Å². The lowest BCUT2D eigenvalue weighted by atomic mass is 9.99. The maximum absolute atomic E-state index is 13.1. The van der Waals surface area contributed by atoms with Crippen LogP contribution in [0.5, 0.6) is 11.5 Å². The lowest BCUT2D eigenvalue weighted by Gasteiger charge is -2.31. The fourth-order valence-electron chi connectivity index (χ4n) is 3.69. The van der Waals surface area contributed by atoms with Crippen LogP contribution in [0.15, 0.2) is 42.5 Å². The number of urea groups is 1. The molecule has 1 aliphatic rings. The van der Waals surface area contributed by atoms with E-state index in [1.807, 2.05) is 0 Å². The Morgan fingerprint density at radius 2 is 1.76 bits per heavy atom. The number of anilines is 2. The van der Waals surface area contributed by atoms with Crippen LogP contribution in [-0.4, -0.2) is 54.3 Å². The lowest BCUT2D eigenvalue weighted by Crippen LogP contribution is -2.41. The number of hydrogen-bond donors (Lipinski definition) is 2. The average Bonchev–Trinajstić information content (AvgIpc) is 3.36. The maximum Gasteiger partial charge on any atom is 0.321 e. The van der Waals surface area contributed by atoms with Gasteiger partial charge in [0.05, 0.1) is 14.2 Å². The molecule has 0 bridgehead atoms. The predicted octanol–water partition coefficient (Wildman–Crippen LogP) is 4.36. The molecule has 11 heteroatoms. The number of carbonyl (C=O) groups is 2. The summed E-state index contributed by atoms with van der Waals surface area (Å²) in [6.07, 6.45) is 1.65. The Kier molecular flexibility index (Phi) is 7.21. The molecule has 1 fully saturated rings. The molecule has 3 amide bonds. The number of nitrogens with one attached hydrogen (secondary N) is 2. The number of hydrogen-bond acceptors (Lipinski definition) is 7. The first-order chi connectivity index (χ1) is 16.5. The monoisotopic (exact) mass is 485 g/mol. The Morgan fingerprint density at radius 1 is 1.03 bits per heavy atom. The van der Waals surface area contributed by atoms with Gasteiger partial charge in [0.1, 0.15) is 10.8 Å². The van der Waals surface area contributed by atoms with E-state index in [1.165, 1.54) is 42.7 Å². The molecule has 1 aliphatic heterocycles. The van der Waals surface area contributed by atoms with Gasteiger partial charge in [-0.15, -0.1) is 10.2 Å². The smallest absolute Gasteiger partial charge is 0.321 e. The van der Waals surface area contributed by atoms with Crippen LogP contribution >= 0.6 is 11.3 Å². The highest BCUT2D eigenvalue weighted by Crippen LogP contribution is 2.32. The minimum atomic E-state index is -0.408. The lowest BCUT2D eigenvalue weighted by molar-refractivity contribution is 0.102. The van der Waals surface area contributed by atoms with Crippen LogP contribution in [0.1, 0.15) is 33.6 Å². The summed E-state index contributed by atoms with van der Waals surface area (Å²) in [4.78, 5) is 27.1. The van der Waals surface area contributed by atoms with Crippen LogP contribution in [-0.2, 0) is 0 Å². The molecule has 0 aliphatic carbocycles. The number of rotatable bonds is 6. The number of piperidine rings is 1. The van der Waals surface area contributed by atoms with Crippen LogP contribution in [0.25, 0.3) is 0 Å². The Bertz CT molecular complexity index is 1170.